The van der Waals surface area contributed by atoms with E-state index in [9.17, 15) is 9.90 Å². The molecule has 5 nitrogen and oxygen atoms in total. The highest BCUT2D eigenvalue weighted by Crippen LogP contribution is 2.04. The molecule has 0 aromatic heterocycles. The van der Waals surface area contributed by atoms with Gasteiger partial charge in [0.05, 0.1) is 19.2 Å². The summed E-state index contributed by atoms with van der Waals surface area (Å²) in [7, 11) is 0. The van der Waals surface area contributed by atoms with Gasteiger partial charge in [-0.25, -0.2) is 0 Å². The first-order valence-electron chi connectivity index (χ1n) is 6.45. The summed E-state index contributed by atoms with van der Waals surface area (Å²) >= 11 is 0. The molecule has 0 bridgehead atoms. The summed E-state index contributed by atoms with van der Waals surface area (Å²) in [4.78, 5) is 13.9. The van der Waals surface area contributed by atoms with Crippen LogP contribution >= 0.6 is 0 Å². The molecular weight excluding hydrogens is 218 g/mol. The van der Waals surface area contributed by atoms with Crippen LogP contribution < -0.4 is 10.6 Å². The Bertz CT molecular complexity index is 228. The third-order valence-corrected chi connectivity index (χ3v) is 2.92. The van der Waals surface area contributed by atoms with Gasteiger partial charge < -0.3 is 15.7 Å². The number of rotatable bonds is 6. The number of aliphatic hydroxyl groups is 1. The van der Waals surface area contributed by atoms with Crippen molar-refractivity contribution < 1.29 is 9.90 Å². The molecule has 1 amide bonds. The number of hydrogen-bond donors (Lipinski definition) is 3. The summed E-state index contributed by atoms with van der Waals surface area (Å²) in [5.74, 6) is 0.498. The molecular formula is C12H25N3O2. The van der Waals surface area contributed by atoms with Crippen LogP contribution in [0.4, 0.5) is 0 Å². The maximum Gasteiger partial charge on any atom is 0.234 e. The number of piperazine rings is 1. The van der Waals surface area contributed by atoms with Gasteiger partial charge in [0, 0.05) is 26.2 Å². The number of nitrogens with one attached hydrogen (secondary N) is 2. The Morgan fingerprint density at radius 3 is 2.59 bits per heavy atom. The summed E-state index contributed by atoms with van der Waals surface area (Å²) in [6.45, 7) is 8.37. The number of carbonyl (C=O) groups excluding carboxylic acids is 1. The SMILES string of the molecule is CC(C)CC(CO)NC(=O)CN1CCNCC1. The summed E-state index contributed by atoms with van der Waals surface area (Å²) in [6.07, 6.45) is 0.823. The van der Waals surface area contributed by atoms with Gasteiger partial charge in [-0.15, -0.1) is 0 Å². The Morgan fingerprint density at radius 2 is 2.06 bits per heavy atom. The fourth-order valence-electron chi connectivity index (χ4n) is 2.09. The molecule has 0 spiro atoms. The zero-order valence-electron chi connectivity index (χ0n) is 10.9. The van der Waals surface area contributed by atoms with Crippen LogP contribution in [0, 0.1) is 5.92 Å². The second kappa shape index (κ2) is 7.63. The highest BCUT2D eigenvalue weighted by Gasteiger charge is 2.17. The Balaban J connectivity index is 2.26. The molecule has 0 radical (unpaired) electrons. The first-order valence-corrected chi connectivity index (χ1v) is 6.45. The molecule has 17 heavy (non-hydrogen) atoms. The monoisotopic (exact) mass is 243 g/mol. The molecule has 0 aromatic rings. The summed E-state index contributed by atoms with van der Waals surface area (Å²) in [5, 5.41) is 15.3. The molecule has 1 rings (SSSR count). The van der Waals surface area contributed by atoms with Gasteiger partial charge >= 0.3 is 0 Å². The van der Waals surface area contributed by atoms with Crippen LogP contribution in [-0.4, -0.2) is 61.3 Å². The smallest absolute Gasteiger partial charge is 0.234 e. The Kier molecular flexibility index (Phi) is 6.47. The molecule has 1 aliphatic rings. The molecule has 1 aliphatic heterocycles. The topological polar surface area (TPSA) is 64.6 Å². The number of amides is 1. The highest BCUT2D eigenvalue weighted by atomic mass is 16.3. The molecule has 5 heteroatoms. The molecule has 1 atom stereocenters. The minimum absolute atomic E-state index is 0.0193. The van der Waals surface area contributed by atoms with Gasteiger partial charge in [-0.1, -0.05) is 13.8 Å². The van der Waals surface area contributed by atoms with E-state index in [1.54, 1.807) is 0 Å². The van der Waals surface area contributed by atoms with Crippen LogP contribution in [0.1, 0.15) is 20.3 Å². The van der Waals surface area contributed by atoms with Crippen LogP contribution in [0.3, 0.4) is 0 Å². The third kappa shape index (κ3) is 6.00. The van der Waals surface area contributed by atoms with Crippen molar-refractivity contribution in [1.29, 1.82) is 0 Å². The number of nitrogens with zero attached hydrogens (tertiary/aromatic N) is 1. The zero-order chi connectivity index (χ0) is 12.7. The third-order valence-electron chi connectivity index (χ3n) is 2.92. The van der Waals surface area contributed by atoms with Crippen LogP contribution in [-0.2, 0) is 4.79 Å². The van der Waals surface area contributed by atoms with E-state index in [0.29, 0.717) is 12.5 Å². The van der Waals surface area contributed by atoms with E-state index in [1.807, 2.05) is 0 Å². The van der Waals surface area contributed by atoms with Gasteiger partial charge in [0.1, 0.15) is 0 Å². The van der Waals surface area contributed by atoms with E-state index >= 15 is 0 Å². The van der Waals surface area contributed by atoms with Gasteiger partial charge in [-0.05, 0) is 12.3 Å². The average Bonchev–Trinajstić information content (AvgIpc) is 2.28. The Labute approximate surface area is 104 Å². The Hall–Kier alpha value is -0.650. The molecule has 3 N–H and O–H groups in total. The predicted octanol–water partition coefficient (Wildman–Crippen LogP) is -0.585. The fourth-order valence-corrected chi connectivity index (χ4v) is 2.09. The minimum Gasteiger partial charge on any atom is -0.394 e. The second-order valence-electron chi connectivity index (χ2n) is 5.10. The maximum atomic E-state index is 11.8. The molecule has 0 aromatic carbocycles. The van der Waals surface area contributed by atoms with Crippen molar-refractivity contribution in [2.45, 2.75) is 26.3 Å². The quantitative estimate of drug-likeness (QED) is 0.584. The molecule has 1 saturated heterocycles. The molecule has 1 unspecified atom stereocenters. The first kappa shape index (κ1) is 14.4. The van der Waals surface area contributed by atoms with Crippen LogP contribution in [0.25, 0.3) is 0 Å². The largest absolute Gasteiger partial charge is 0.394 e. The van der Waals surface area contributed by atoms with Crippen LogP contribution in [0.5, 0.6) is 0 Å². The predicted molar refractivity (Wildman–Crippen MR) is 67.8 cm³/mol. The number of hydrogen-bond acceptors (Lipinski definition) is 4. The van der Waals surface area contributed by atoms with Gasteiger partial charge in [-0.3, -0.25) is 9.69 Å². The lowest BCUT2D eigenvalue weighted by Crippen LogP contribution is -2.49. The van der Waals surface area contributed by atoms with E-state index in [-0.39, 0.29) is 18.6 Å². The standard InChI is InChI=1S/C12H25N3O2/c1-10(2)7-11(9-16)14-12(17)8-15-5-3-13-4-6-15/h10-11,13,16H,3-9H2,1-2H3,(H,14,17). The summed E-state index contributed by atoms with van der Waals surface area (Å²) in [6, 6.07) is -0.106. The van der Waals surface area contributed by atoms with E-state index < -0.39 is 0 Å². The average molecular weight is 243 g/mol. The molecule has 100 valence electrons. The van der Waals surface area contributed by atoms with Crippen LogP contribution in [0.15, 0.2) is 0 Å². The first-order chi connectivity index (χ1) is 8.11. The minimum atomic E-state index is -0.106. The van der Waals surface area contributed by atoms with Crippen molar-refractivity contribution in [3.63, 3.8) is 0 Å². The van der Waals surface area contributed by atoms with Gasteiger partial charge in [-0.2, -0.15) is 0 Å². The lowest BCUT2D eigenvalue weighted by atomic mass is 10.0. The van der Waals surface area contributed by atoms with E-state index in [0.717, 1.165) is 32.6 Å². The van der Waals surface area contributed by atoms with Crippen molar-refractivity contribution in [2.24, 2.45) is 5.92 Å². The second-order valence-corrected chi connectivity index (χ2v) is 5.10. The van der Waals surface area contributed by atoms with Crippen LogP contribution in [0.2, 0.25) is 0 Å². The lowest BCUT2D eigenvalue weighted by Gasteiger charge is -2.27. The van der Waals surface area contributed by atoms with Crippen molar-refractivity contribution in [3.05, 3.63) is 0 Å². The van der Waals surface area contributed by atoms with E-state index in [4.69, 9.17) is 0 Å². The lowest BCUT2D eigenvalue weighted by molar-refractivity contribution is -0.123. The highest BCUT2D eigenvalue weighted by molar-refractivity contribution is 5.78. The molecule has 0 saturated carbocycles. The Morgan fingerprint density at radius 1 is 1.41 bits per heavy atom. The maximum absolute atomic E-state index is 11.8. The summed E-state index contributed by atoms with van der Waals surface area (Å²) in [5.41, 5.74) is 0. The van der Waals surface area contributed by atoms with E-state index in [1.165, 1.54) is 0 Å². The number of aliphatic hydroxyl groups excluding tert-OH is 1. The van der Waals surface area contributed by atoms with Gasteiger partial charge in [0.25, 0.3) is 0 Å². The van der Waals surface area contributed by atoms with Crippen molar-refractivity contribution in [3.8, 4) is 0 Å². The summed E-state index contributed by atoms with van der Waals surface area (Å²) < 4.78 is 0. The fraction of sp³-hybridized carbons (Fsp3) is 0.917. The normalized spacial score (nSPS) is 19.3. The van der Waals surface area contributed by atoms with Crippen molar-refractivity contribution >= 4 is 5.91 Å². The molecule has 1 heterocycles. The van der Waals surface area contributed by atoms with E-state index in [2.05, 4.69) is 29.4 Å². The molecule has 1 fully saturated rings. The van der Waals surface area contributed by atoms with Gasteiger partial charge in [0.15, 0.2) is 0 Å². The van der Waals surface area contributed by atoms with Gasteiger partial charge in [0.2, 0.25) is 5.91 Å². The zero-order valence-corrected chi connectivity index (χ0v) is 10.9. The molecule has 0 aliphatic carbocycles. The van der Waals surface area contributed by atoms with Crippen molar-refractivity contribution in [2.75, 3.05) is 39.3 Å². The number of carbonyl (C=O) groups is 1. The van der Waals surface area contributed by atoms with Crippen molar-refractivity contribution in [1.82, 2.24) is 15.5 Å².